The van der Waals surface area contributed by atoms with Crippen LogP contribution in [0, 0.1) is 20.8 Å². The molecule has 1 heterocycles. The van der Waals surface area contributed by atoms with Crippen molar-refractivity contribution in [1.82, 2.24) is 20.3 Å². The lowest BCUT2D eigenvalue weighted by atomic mass is 10.1. The van der Waals surface area contributed by atoms with Crippen molar-refractivity contribution >= 4 is 15.9 Å². The second kappa shape index (κ2) is 5.43. The van der Waals surface area contributed by atoms with Gasteiger partial charge >= 0.3 is 0 Å². The molecular weight excluding hydrogens is 304 g/mol. The van der Waals surface area contributed by atoms with Crippen LogP contribution in [0.25, 0.3) is 5.69 Å². The van der Waals surface area contributed by atoms with Crippen molar-refractivity contribution < 1.29 is 0 Å². The lowest BCUT2D eigenvalue weighted by Gasteiger charge is -2.13. The molecule has 1 aromatic carbocycles. The van der Waals surface area contributed by atoms with E-state index in [0.29, 0.717) is 0 Å². The molecule has 1 N–H and O–H groups in total. The minimum Gasteiger partial charge on any atom is -0.312 e. The van der Waals surface area contributed by atoms with E-state index in [4.69, 9.17) is 0 Å². The summed E-state index contributed by atoms with van der Waals surface area (Å²) < 4.78 is 3.02. The highest BCUT2D eigenvalue weighted by Gasteiger charge is 2.17. The molecule has 0 saturated carbocycles. The summed E-state index contributed by atoms with van der Waals surface area (Å²) in [5, 5.41) is 11.8. The molecule has 0 radical (unpaired) electrons. The largest absolute Gasteiger partial charge is 0.312 e. The average Bonchev–Trinajstić information content (AvgIpc) is 2.69. The number of hydrogen-bond acceptors (Lipinski definition) is 3. The Morgan fingerprint density at radius 3 is 2.32 bits per heavy atom. The highest BCUT2D eigenvalue weighted by atomic mass is 79.9. The monoisotopic (exact) mass is 322 g/mol. The molecule has 4 nitrogen and oxygen atoms in total. The molecule has 2 rings (SSSR count). The number of aromatic nitrogens is 3. The SMILES string of the molecule is CNC(C)c1nnn(-c2c(C)cc(Br)cc2C)c1C. The standard InChI is InChI=1S/C14H19BrN4/c1-8-6-12(15)7-9(2)14(8)19-11(4)13(17-18-19)10(3)16-5/h6-7,10,16H,1-5H3. The van der Waals surface area contributed by atoms with Gasteiger partial charge in [0.2, 0.25) is 0 Å². The van der Waals surface area contributed by atoms with E-state index in [2.05, 4.69) is 71.4 Å². The zero-order chi connectivity index (χ0) is 14.2. The second-order valence-corrected chi connectivity index (χ2v) is 5.79. The number of halogens is 1. The first-order valence-corrected chi connectivity index (χ1v) is 7.11. The first-order chi connectivity index (χ1) is 8.95. The Kier molecular flexibility index (Phi) is 4.06. The number of aryl methyl sites for hydroxylation is 2. The Bertz CT molecular complexity index is 580. The van der Waals surface area contributed by atoms with Gasteiger partial charge in [0.15, 0.2) is 0 Å². The normalized spacial score (nSPS) is 12.7. The van der Waals surface area contributed by atoms with E-state index in [0.717, 1.165) is 21.5 Å². The van der Waals surface area contributed by atoms with Gasteiger partial charge in [-0.3, -0.25) is 0 Å². The van der Waals surface area contributed by atoms with Crippen molar-refractivity contribution in [1.29, 1.82) is 0 Å². The Labute approximate surface area is 122 Å². The van der Waals surface area contributed by atoms with Gasteiger partial charge in [-0.2, -0.15) is 0 Å². The summed E-state index contributed by atoms with van der Waals surface area (Å²) in [6, 6.07) is 4.40. The minimum atomic E-state index is 0.199. The third kappa shape index (κ3) is 2.58. The summed E-state index contributed by atoms with van der Waals surface area (Å²) in [4.78, 5) is 0. The van der Waals surface area contributed by atoms with E-state index in [1.54, 1.807) is 0 Å². The average molecular weight is 323 g/mol. The number of nitrogens with zero attached hydrogens (tertiary/aromatic N) is 3. The van der Waals surface area contributed by atoms with Crippen LogP contribution in [0.2, 0.25) is 0 Å². The van der Waals surface area contributed by atoms with Crippen LogP contribution in [-0.4, -0.2) is 22.0 Å². The maximum absolute atomic E-state index is 4.32. The van der Waals surface area contributed by atoms with Gasteiger partial charge in [-0.25, -0.2) is 4.68 Å². The highest BCUT2D eigenvalue weighted by molar-refractivity contribution is 9.10. The van der Waals surface area contributed by atoms with Crippen LogP contribution in [0.5, 0.6) is 0 Å². The molecule has 0 aliphatic heterocycles. The number of nitrogens with one attached hydrogen (secondary N) is 1. The molecule has 2 aromatic rings. The predicted molar refractivity (Wildman–Crippen MR) is 80.7 cm³/mol. The second-order valence-electron chi connectivity index (χ2n) is 4.87. The summed E-state index contributed by atoms with van der Waals surface area (Å²) in [5.74, 6) is 0. The molecule has 1 atom stereocenters. The Morgan fingerprint density at radius 2 is 1.79 bits per heavy atom. The van der Waals surface area contributed by atoms with Crippen molar-refractivity contribution in [3.8, 4) is 5.69 Å². The first kappa shape index (κ1) is 14.2. The lowest BCUT2D eigenvalue weighted by molar-refractivity contribution is 0.627. The molecule has 0 amide bonds. The van der Waals surface area contributed by atoms with Crippen LogP contribution in [0.4, 0.5) is 0 Å². The summed E-state index contributed by atoms with van der Waals surface area (Å²) in [7, 11) is 1.93. The van der Waals surface area contributed by atoms with Crippen molar-refractivity contribution in [2.24, 2.45) is 0 Å². The van der Waals surface area contributed by atoms with Gasteiger partial charge in [0.1, 0.15) is 5.69 Å². The summed E-state index contributed by atoms with van der Waals surface area (Å²) >= 11 is 3.52. The summed E-state index contributed by atoms with van der Waals surface area (Å²) in [6.07, 6.45) is 0. The molecule has 19 heavy (non-hydrogen) atoms. The zero-order valence-corrected chi connectivity index (χ0v) is 13.5. The Morgan fingerprint density at radius 1 is 1.21 bits per heavy atom. The fourth-order valence-corrected chi connectivity index (χ4v) is 3.01. The molecule has 5 heteroatoms. The molecule has 0 saturated heterocycles. The third-order valence-electron chi connectivity index (χ3n) is 3.44. The maximum Gasteiger partial charge on any atom is 0.103 e. The Balaban J connectivity index is 2.58. The van der Waals surface area contributed by atoms with E-state index in [-0.39, 0.29) is 6.04 Å². The van der Waals surface area contributed by atoms with Gasteiger partial charge in [-0.15, -0.1) is 5.10 Å². The topological polar surface area (TPSA) is 42.7 Å². The Hall–Kier alpha value is -1.20. The van der Waals surface area contributed by atoms with Gasteiger partial charge < -0.3 is 5.32 Å². The van der Waals surface area contributed by atoms with Gasteiger partial charge in [0.25, 0.3) is 0 Å². The fraction of sp³-hybridized carbons (Fsp3) is 0.429. The van der Waals surface area contributed by atoms with Crippen LogP contribution in [0.3, 0.4) is 0 Å². The molecule has 0 spiro atoms. The molecule has 0 fully saturated rings. The lowest BCUT2D eigenvalue weighted by Crippen LogP contribution is -2.14. The maximum atomic E-state index is 4.32. The molecule has 1 aromatic heterocycles. The van der Waals surface area contributed by atoms with Crippen LogP contribution in [-0.2, 0) is 0 Å². The van der Waals surface area contributed by atoms with Crippen molar-refractivity contribution in [3.63, 3.8) is 0 Å². The summed E-state index contributed by atoms with van der Waals surface area (Å²) in [6.45, 7) is 8.33. The fourth-order valence-electron chi connectivity index (χ4n) is 2.33. The molecule has 1 unspecified atom stereocenters. The predicted octanol–water partition coefficient (Wildman–Crippen LogP) is 3.24. The van der Waals surface area contributed by atoms with Crippen LogP contribution in [0.1, 0.15) is 35.5 Å². The van der Waals surface area contributed by atoms with E-state index in [9.17, 15) is 0 Å². The minimum absolute atomic E-state index is 0.199. The molecule has 0 bridgehead atoms. The van der Waals surface area contributed by atoms with Gasteiger partial charge in [-0.1, -0.05) is 21.1 Å². The van der Waals surface area contributed by atoms with Crippen LogP contribution >= 0.6 is 15.9 Å². The number of rotatable bonds is 3. The molecule has 102 valence electrons. The number of benzene rings is 1. The van der Waals surface area contributed by atoms with E-state index >= 15 is 0 Å². The van der Waals surface area contributed by atoms with Crippen LogP contribution < -0.4 is 5.32 Å². The number of hydrogen-bond donors (Lipinski definition) is 1. The highest BCUT2D eigenvalue weighted by Crippen LogP contribution is 2.26. The van der Waals surface area contributed by atoms with Crippen molar-refractivity contribution in [2.75, 3.05) is 7.05 Å². The zero-order valence-electron chi connectivity index (χ0n) is 12.0. The van der Waals surface area contributed by atoms with Gasteiger partial charge in [0.05, 0.1) is 17.4 Å². The molecule has 0 aliphatic rings. The summed E-state index contributed by atoms with van der Waals surface area (Å²) in [5.41, 5.74) is 5.55. The van der Waals surface area contributed by atoms with Gasteiger partial charge in [-0.05, 0) is 58.0 Å². The van der Waals surface area contributed by atoms with E-state index in [1.807, 2.05) is 11.7 Å². The van der Waals surface area contributed by atoms with E-state index in [1.165, 1.54) is 11.1 Å². The smallest absolute Gasteiger partial charge is 0.103 e. The van der Waals surface area contributed by atoms with Gasteiger partial charge in [0, 0.05) is 4.47 Å². The third-order valence-corrected chi connectivity index (χ3v) is 3.90. The van der Waals surface area contributed by atoms with Crippen LogP contribution in [0.15, 0.2) is 16.6 Å². The molecular formula is C14H19BrN4. The van der Waals surface area contributed by atoms with E-state index < -0.39 is 0 Å². The van der Waals surface area contributed by atoms with Crippen molar-refractivity contribution in [2.45, 2.75) is 33.7 Å². The first-order valence-electron chi connectivity index (χ1n) is 6.32. The quantitative estimate of drug-likeness (QED) is 0.943. The van der Waals surface area contributed by atoms with Crippen molar-refractivity contribution in [3.05, 3.63) is 39.1 Å². The molecule has 0 aliphatic carbocycles.